The van der Waals surface area contributed by atoms with Gasteiger partial charge in [0.05, 0.1) is 22.0 Å². The Bertz CT molecular complexity index is 916. The van der Waals surface area contributed by atoms with Crippen LogP contribution < -0.4 is 9.46 Å². The minimum atomic E-state index is -4.93. The molecule has 152 valence electrons. The van der Waals surface area contributed by atoms with Crippen molar-refractivity contribution < 1.29 is 39.5 Å². The van der Waals surface area contributed by atoms with E-state index in [2.05, 4.69) is 9.46 Å². The molecule has 27 heavy (non-hydrogen) atoms. The molecule has 0 bridgehead atoms. The van der Waals surface area contributed by atoms with Crippen LogP contribution in [0, 0.1) is 0 Å². The number of halogens is 3. The fraction of sp³-hybridized carbons (Fsp3) is 0.600. The Morgan fingerprint density at radius 3 is 2.67 bits per heavy atom. The fourth-order valence-corrected chi connectivity index (χ4v) is 6.70. The first-order valence-corrected chi connectivity index (χ1v) is 11.4. The average molecular weight is 429 g/mol. The molecule has 2 atom stereocenters. The van der Waals surface area contributed by atoms with E-state index in [1.165, 1.54) is 0 Å². The van der Waals surface area contributed by atoms with E-state index in [9.17, 15) is 30.0 Å². The summed E-state index contributed by atoms with van der Waals surface area (Å²) in [5.74, 6) is -0.813. The lowest BCUT2D eigenvalue weighted by Gasteiger charge is -2.37. The van der Waals surface area contributed by atoms with Gasteiger partial charge in [0.1, 0.15) is 5.75 Å². The van der Waals surface area contributed by atoms with Crippen LogP contribution in [0.25, 0.3) is 0 Å². The molecule has 1 spiro atoms. The Kier molecular flexibility index (Phi) is 5.21. The summed E-state index contributed by atoms with van der Waals surface area (Å²) in [6, 6.07) is 3.50. The monoisotopic (exact) mass is 429 g/mol. The quantitative estimate of drug-likeness (QED) is 0.781. The maximum Gasteiger partial charge on any atom is 0.573 e. The number of sulfone groups is 1. The number of sulfonamides is 1. The highest BCUT2D eigenvalue weighted by Crippen LogP contribution is 2.36. The molecule has 0 saturated carbocycles. The van der Waals surface area contributed by atoms with E-state index in [4.69, 9.17) is 4.74 Å². The lowest BCUT2D eigenvalue weighted by Crippen LogP contribution is -2.49. The van der Waals surface area contributed by atoms with Gasteiger partial charge in [0, 0.05) is 18.7 Å². The van der Waals surface area contributed by atoms with Crippen LogP contribution in [0.1, 0.15) is 19.3 Å². The van der Waals surface area contributed by atoms with Gasteiger partial charge < -0.3 is 9.47 Å². The van der Waals surface area contributed by atoms with Crippen LogP contribution in [-0.2, 0) is 24.6 Å². The summed E-state index contributed by atoms with van der Waals surface area (Å²) in [4.78, 5) is -0.371. The Labute approximate surface area is 154 Å². The van der Waals surface area contributed by atoms with Gasteiger partial charge in [-0.2, -0.15) is 0 Å². The molecule has 7 nitrogen and oxygen atoms in total. The highest BCUT2D eigenvalue weighted by molar-refractivity contribution is 7.91. The third-order valence-electron chi connectivity index (χ3n) is 4.52. The first-order valence-electron chi connectivity index (χ1n) is 8.11. The van der Waals surface area contributed by atoms with Gasteiger partial charge in [0.2, 0.25) is 10.0 Å². The van der Waals surface area contributed by atoms with Crippen molar-refractivity contribution >= 4 is 19.9 Å². The molecule has 2 fully saturated rings. The van der Waals surface area contributed by atoms with E-state index < -0.39 is 43.6 Å². The van der Waals surface area contributed by atoms with Crippen molar-refractivity contribution in [1.82, 2.24) is 4.72 Å². The largest absolute Gasteiger partial charge is 0.573 e. The van der Waals surface area contributed by atoms with Crippen LogP contribution in [-0.4, -0.2) is 53.0 Å². The first kappa shape index (κ1) is 20.4. The second kappa shape index (κ2) is 6.90. The summed E-state index contributed by atoms with van der Waals surface area (Å²) in [6.07, 6.45) is -4.12. The third kappa shape index (κ3) is 5.12. The van der Waals surface area contributed by atoms with Gasteiger partial charge in [-0.05, 0) is 31.4 Å². The minimum Gasteiger partial charge on any atom is -0.406 e. The number of alkyl halides is 3. The normalized spacial score (nSPS) is 28.3. The molecule has 1 aromatic rings. The molecule has 12 heteroatoms. The summed E-state index contributed by atoms with van der Waals surface area (Å²) < 4.78 is 97.4. The zero-order valence-electron chi connectivity index (χ0n) is 14.0. The van der Waals surface area contributed by atoms with Crippen LogP contribution in [0.2, 0.25) is 0 Å². The molecule has 2 aliphatic heterocycles. The van der Waals surface area contributed by atoms with E-state index in [0.29, 0.717) is 12.8 Å². The summed E-state index contributed by atoms with van der Waals surface area (Å²) in [5.41, 5.74) is -0.911. The van der Waals surface area contributed by atoms with Gasteiger partial charge in [0.25, 0.3) is 0 Å². The maximum absolute atomic E-state index is 12.5. The number of hydrogen-bond donors (Lipinski definition) is 1. The van der Waals surface area contributed by atoms with Gasteiger partial charge in [-0.1, -0.05) is 6.07 Å². The van der Waals surface area contributed by atoms with E-state index in [-0.39, 0.29) is 29.4 Å². The molecule has 0 aliphatic carbocycles. The van der Waals surface area contributed by atoms with Crippen molar-refractivity contribution in [2.24, 2.45) is 0 Å². The summed E-state index contributed by atoms with van der Waals surface area (Å²) >= 11 is 0. The van der Waals surface area contributed by atoms with Crippen molar-refractivity contribution in [3.63, 3.8) is 0 Å². The SMILES string of the molecule is O=S1(=O)CC[C@]2(C[C@H](NS(=O)(=O)c3cccc(OC(F)(F)F)c3)CCO2)C1. The Hall–Kier alpha value is -1.37. The molecule has 1 N–H and O–H groups in total. The molecule has 0 unspecified atom stereocenters. The Morgan fingerprint density at radius 1 is 1.30 bits per heavy atom. The predicted octanol–water partition coefficient (Wildman–Crippen LogP) is 1.60. The van der Waals surface area contributed by atoms with Crippen molar-refractivity contribution in [3.8, 4) is 5.75 Å². The number of rotatable bonds is 4. The summed E-state index contributed by atoms with van der Waals surface area (Å²) in [6.45, 7) is 0.194. The standard InChI is InChI=1S/C15H18F3NO6S2/c16-15(17,18)25-12-2-1-3-13(8-12)27(22,23)19-11-4-6-24-14(9-11)5-7-26(20,21)10-14/h1-3,8,11,19H,4-7,9-10H2/t11-,14+/m1/s1. The zero-order chi connectivity index (χ0) is 19.9. The van der Waals surface area contributed by atoms with Crippen molar-refractivity contribution in [1.29, 1.82) is 0 Å². The maximum atomic E-state index is 12.5. The molecule has 0 radical (unpaired) electrons. The molecular weight excluding hydrogens is 411 g/mol. The topological polar surface area (TPSA) is 98.8 Å². The van der Waals surface area contributed by atoms with E-state index in [1.807, 2.05) is 0 Å². The summed E-state index contributed by atoms with van der Waals surface area (Å²) in [7, 11) is -7.34. The van der Waals surface area contributed by atoms with Gasteiger partial charge >= 0.3 is 6.36 Å². The van der Waals surface area contributed by atoms with Crippen molar-refractivity contribution in [3.05, 3.63) is 24.3 Å². The molecule has 0 amide bonds. The van der Waals surface area contributed by atoms with Gasteiger partial charge in [0.15, 0.2) is 9.84 Å². The second-order valence-corrected chi connectivity index (χ2v) is 10.6. The van der Waals surface area contributed by atoms with E-state index >= 15 is 0 Å². The molecule has 2 saturated heterocycles. The number of nitrogens with one attached hydrogen (secondary N) is 1. The highest BCUT2D eigenvalue weighted by atomic mass is 32.2. The molecule has 2 aliphatic rings. The number of benzene rings is 1. The second-order valence-electron chi connectivity index (χ2n) is 6.71. The van der Waals surface area contributed by atoms with Crippen LogP contribution in [0.5, 0.6) is 5.75 Å². The lowest BCUT2D eigenvalue weighted by atomic mass is 9.90. The van der Waals surface area contributed by atoms with Crippen LogP contribution in [0.4, 0.5) is 13.2 Å². The van der Waals surface area contributed by atoms with E-state index in [1.54, 1.807) is 0 Å². The van der Waals surface area contributed by atoms with Gasteiger partial charge in [-0.3, -0.25) is 0 Å². The number of ether oxygens (including phenoxy) is 2. The molecular formula is C15H18F3NO6S2. The minimum absolute atomic E-state index is 0.0106. The molecule has 3 rings (SSSR count). The fourth-order valence-electron chi connectivity index (χ4n) is 3.42. The molecule has 2 heterocycles. The van der Waals surface area contributed by atoms with Gasteiger partial charge in [-0.15, -0.1) is 13.2 Å². The lowest BCUT2D eigenvalue weighted by molar-refractivity contribution is -0.274. The number of hydrogen-bond acceptors (Lipinski definition) is 6. The molecule has 1 aromatic carbocycles. The third-order valence-corrected chi connectivity index (χ3v) is 7.83. The van der Waals surface area contributed by atoms with Gasteiger partial charge in [-0.25, -0.2) is 21.6 Å². The smallest absolute Gasteiger partial charge is 0.406 e. The van der Waals surface area contributed by atoms with Crippen LogP contribution in [0.3, 0.4) is 0 Å². The highest BCUT2D eigenvalue weighted by Gasteiger charge is 2.47. The van der Waals surface area contributed by atoms with E-state index in [0.717, 1.165) is 24.3 Å². The Balaban J connectivity index is 1.74. The van der Waals surface area contributed by atoms with Crippen LogP contribution in [0.15, 0.2) is 29.2 Å². The first-order chi connectivity index (χ1) is 12.4. The van der Waals surface area contributed by atoms with Crippen LogP contribution >= 0.6 is 0 Å². The average Bonchev–Trinajstić information content (AvgIpc) is 2.80. The predicted molar refractivity (Wildman–Crippen MR) is 88.4 cm³/mol. The van der Waals surface area contributed by atoms with Crippen molar-refractivity contribution in [2.75, 3.05) is 18.1 Å². The Morgan fingerprint density at radius 2 is 2.04 bits per heavy atom. The summed E-state index contributed by atoms with van der Waals surface area (Å²) in [5, 5.41) is 0. The molecule has 0 aromatic heterocycles. The van der Waals surface area contributed by atoms with Crippen molar-refractivity contribution in [2.45, 2.75) is 42.2 Å². The zero-order valence-corrected chi connectivity index (χ0v) is 15.7.